The lowest BCUT2D eigenvalue weighted by Gasteiger charge is -2.12. The Hall–Kier alpha value is -5.03. The van der Waals surface area contributed by atoms with Gasteiger partial charge in [0.2, 0.25) is 0 Å². The average Bonchev–Trinajstić information content (AvgIpc) is 2.94. The molecule has 0 bridgehead atoms. The van der Waals surface area contributed by atoms with Crippen molar-refractivity contribution in [3.05, 3.63) is 94.6 Å². The van der Waals surface area contributed by atoms with E-state index in [1.807, 2.05) is 43.3 Å². The van der Waals surface area contributed by atoms with Crippen molar-refractivity contribution in [2.45, 2.75) is 33.4 Å². The van der Waals surface area contributed by atoms with Gasteiger partial charge in [0.05, 0.1) is 14.2 Å². The highest BCUT2D eigenvalue weighted by molar-refractivity contribution is 6.01. The minimum absolute atomic E-state index is 0.0505. The van der Waals surface area contributed by atoms with E-state index in [1.165, 1.54) is 25.3 Å². The lowest BCUT2D eigenvalue weighted by molar-refractivity contribution is -0.129. The van der Waals surface area contributed by atoms with Crippen molar-refractivity contribution >= 4 is 24.0 Å². The molecular formula is C32H32N2O6. The number of nitriles is 1. The Labute approximate surface area is 234 Å². The lowest BCUT2D eigenvalue weighted by Crippen LogP contribution is -2.30. The van der Waals surface area contributed by atoms with Gasteiger partial charge in [-0.15, -0.1) is 0 Å². The van der Waals surface area contributed by atoms with E-state index in [1.54, 1.807) is 51.3 Å². The third-order valence-corrected chi connectivity index (χ3v) is 5.74. The summed E-state index contributed by atoms with van der Waals surface area (Å²) < 4.78 is 22.2. The largest absolute Gasteiger partial charge is 0.493 e. The van der Waals surface area contributed by atoms with Gasteiger partial charge in [-0.2, -0.15) is 5.26 Å². The molecule has 0 saturated carbocycles. The molecule has 3 aromatic rings. The SMILES string of the molecule is COc1cc(/C=C/C(=O)Oc2ccc(/C=C(\C#N)C(=O)NC(C)C)cc2OC)ccc1OCc1ccccc1C. The first-order chi connectivity index (χ1) is 19.2. The van der Waals surface area contributed by atoms with Crippen LogP contribution in [0.5, 0.6) is 23.0 Å². The topological polar surface area (TPSA) is 107 Å². The molecule has 1 amide bonds. The Balaban J connectivity index is 1.68. The fraction of sp³-hybridized carbons (Fsp3) is 0.219. The molecule has 0 heterocycles. The van der Waals surface area contributed by atoms with E-state index < -0.39 is 11.9 Å². The summed E-state index contributed by atoms with van der Waals surface area (Å²) in [6, 6.07) is 19.9. The summed E-state index contributed by atoms with van der Waals surface area (Å²) in [7, 11) is 2.99. The zero-order chi connectivity index (χ0) is 29.1. The Bertz CT molecular complexity index is 1470. The molecule has 206 valence electrons. The number of rotatable bonds is 11. The smallest absolute Gasteiger partial charge is 0.336 e. The predicted molar refractivity (Wildman–Crippen MR) is 153 cm³/mol. The highest BCUT2D eigenvalue weighted by Crippen LogP contribution is 2.31. The van der Waals surface area contributed by atoms with Crippen LogP contribution in [0.2, 0.25) is 0 Å². The molecule has 0 aliphatic heterocycles. The number of esters is 1. The Morgan fingerprint density at radius 2 is 1.57 bits per heavy atom. The van der Waals surface area contributed by atoms with Crippen LogP contribution in [0.4, 0.5) is 0 Å². The van der Waals surface area contributed by atoms with Crippen LogP contribution in [0.1, 0.15) is 36.1 Å². The van der Waals surface area contributed by atoms with E-state index in [9.17, 15) is 14.9 Å². The van der Waals surface area contributed by atoms with Gasteiger partial charge >= 0.3 is 5.97 Å². The zero-order valence-electron chi connectivity index (χ0n) is 23.2. The number of amides is 1. The first-order valence-electron chi connectivity index (χ1n) is 12.6. The molecule has 0 unspecified atom stereocenters. The molecule has 8 heteroatoms. The van der Waals surface area contributed by atoms with Crippen molar-refractivity contribution in [1.82, 2.24) is 5.32 Å². The number of aryl methyl sites for hydroxylation is 1. The van der Waals surface area contributed by atoms with E-state index in [2.05, 4.69) is 5.32 Å². The summed E-state index contributed by atoms with van der Waals surface area (Å²) in [6.07, 6.45) is 4.33. The van der Waals surface area contributed by atoms with Crippen molar-refractivity contribution in [1.29, 1.82) is 5.26 Å². The number of hydrogen-bond donors (Lipinski definition) is 1. The predicted octanol–water partition coefficient (Wildman–Crippen LogP) is 5.64. The Morgan fingerprint density at radius 3 is 2.25 bits per heavy atom. The molecule has 0 atom stereocenters. The number of carbonyl (C=O) groups is 2. The minimum atomic E-state index is -0.616. The van der Waals surface area contributed by atoms with Gasteiger partial charge in [-0.05, 0) is 79.4 Å². The number of nitrogens with zero attached hydrogens (tertiary/aromatic N) is 1. The van der Waals surface area contributed by atoms with E-state index in [0.29, 0.717) is 29.2 Å². The van der Waals surface area contributed by atoms with E-state index in [0.717, 1.165) is 11.1 Å². The first kappa shape index (κ1) is 29.5. The van der Waals surface area contributed by atoms with Crippen LogP contribution >= 0.6 is 0 Å². The summed E-state index contributed by atoms with van der Waals surface area (Å²) in [6.45, 7) is 6.05. The maximum absolute atomic E-state index is 12.5. The van der Waals surface area contributed by atoms with Crippen LogP contribution in [0.3, 0.4) is 0 Å². The third kappa shape index (κ3) is 8.23. The standard InChI is InChI=1S/C32H32N2O6/c1-21(2)34-32(36)26(19-33)16-24-11-14-28(30(18-24)38-5)40-31(35)15-12-23-10-13-27(29(17-23)37-4)39-20-25-9-7-6-8-22(25)3/h6-18,21H,20H2,1-5H3,(H,34,36)/b15-12+,26-16+. The average molecular weight is 541 g/mol. The highest BCUT2D eigenvalue weighted by atomic mass is 16.6. The highest BCUT2D eigenvalue weighted by Gasteiger charge is 2.13. The second kappa shape index (κ2) is 14.2. The van der Waals surface area contributed by atoms with Crippen LogP contribution in [0.15, 0.2) is 72.3 Å². The molecule has 3 rings (SSSR count). The van der Waals surface area contributed by atoms with Crippen molar-refractivity contribution in [2.24, 2.45) is 0 Å². The second-order valence-electron chi connectivity index (χ2n) is 9.09. The lowest BCUT2D eigenvalue weighted by atomic mass is 10.1. The molecule has 0 aromatic heterocycles. The molecule has 1 N–H and O–H groups in total. The van der Waals surface area contributed by atoms with Crippen LogP contribution in [-0.4, -0.2) is 32.1 Å². The van der Waals surface area contributed by atoms with Crippen molar-refractivity contribution in [3.8, 4) is 29.1 Å². The number of methoxy groups -OCH3 is 2. The van der Waals surface area contributed by atoms with Gasteiger partial charge in [-0.1, -0.05) is 36.4 Å². The molecule has 0 aliphatic carbocycles. The number of benzene rings is 3. The number of hydrogen-bond acceptors (Lipinski definition) is 7. The monoisotopic (exact) mass is 540 g/mol. The normalized spacial score (nSPS) is 11.2. The maximum Gasteiger partial charge on any atom is 0.336 e. The second-order valence-corrected chi connectivity index (χ2v) is 9.09. The van der Waals surface area contributed by atoms with Gasteiger partial charge in [-0.25, -0.2) is 4.79 Å². The maximum atomic E-state index is 12.5. The molecule has 3 aromatic carbocycles. The number of carbonyl (C=O) groups excluding carboxylic acids is 2. The van der Waals surface area contributed by atoms with Gasteiger partial charge in [-0.3, -0.25) is 4.79 Å². The molecular weight excluding hydrogens is 508 g/mol. The van der Waals surface area contributed by atoms with Crippen LogP contribution in [0, 0.1) is 18.3 Å². The van der Waals surface area contributed by atoms with Gasteiger partial charge in [0.25, 0.3) is 5.91 Å². The third-order valence-electron chi connectivity index (χ3n) is 5.74. The van der Waals surface area contributed by atoms with E-state index >= 15 is 0 Å². The molecule has 0 spiro atoms. The fourth-order valence-corrected chi connectivity index (χ4v) is 3.65. The fourth-order valence-electron chi connectivity index (χ4n) is 3.65. The van der Waals surface area contributed by atoms with E-state index in [-0.39, 0.29) is 23.1 Å². The van der Waals surface area contributed by atoms with Crippen molar-refractivity contribution < 1.29 is 28.5 Å². The van der Waals surface area contributed by atoms with Gasteiger partial charge < -0.3 is 24.3 Å². The number of ether oxygens (including phenoxy) is 4. The summed E-state index contributed by atoms with van der Waals surface area (Å²) >= 11 is 0. The Morgan fingerprint density at radius 1 is 0.925 bits per heavy atom. The van der Waals surface area contributed by atoms with Crippen LogP contribution < -0.4 is 24.3 Å². The molecule has 0 aliphatic rings. The summed E-state index contributed by atoms with van der Waals surface area (Å²) in [5, 5.41) is 12.0. The van der Waals surface area contributed by atoms with Crippen LogP contribution in [-0.2, 0) is 16.2 Å². The van der Waals surface area contributed by atoms with Gasteiger partial charge in [0, 0.05) is 12.1 Å². The molecule has 0 radical (unpaired) electrons. The van der Waals surface area contributed by atoms with Crippen molar-refractivity contribution in [2.75, 3.05) is 14.2 Å². The molecule has 40 heavy (non-hydrogen) atoms. The summed E-state index contributed by atoms with van der Waals surface area (Å²) in [4.78, 5) is 24.7. The number of nitrogens with one attached hydrogen (secondary N) is 1. The quantitative estimate of drug-likeness (QED) is 0.145. The Kier molecular flexibility index (Phi) is 10.5. The summed E-state index contributed by atoms with van der Waals surface area (Å²) in [5.74, 6) is 0.499. The molecule has 0 fully saturated rings. The summed E-state index contributed by atoms with van der Waals surface area (Å²) in [5.41, 5.74) is 3.43. The first-order valence-corrected chi connectivity index (χ1v) is 12.6. The minimum Gasteiger partial charge on any atom is -0.493 e. The van der Waals surface area contributed by atoms with Crippen LogP contribution in [0.25, 0.3) is 12.2 Å². The zero-order valence-corrected chi connectivity index (χ0v) is 23.2. The molecule has 8 nitrogen and oxygen atoms in total. The molecule has 0 saturated heterocycles. The van der Waals surface area contributed by atoms with Gasteiger partial charge in [0.1, 0.15) is 18.2 Å². The van der Waals surface area contributed by atoms with E-state index in [4.69, 9.17) is 18.9 Å². The van der Waals surface area contributed by atoms with Gasteiger partial charge in [0.15, 0.2) is 23.0 Å². The van der Waals surface area contributed by atoms with Crippen molar-refractivity contribution in [3.63, 3.8) is 0 Å².